The highest BCUT2D eigenvalue weighted by Crippen LogP contribution is 2.28. The molecule has 0 aliphatic heterocycles. The van der Waals surface area contributed by atoms with Gasteiger partial charge in [0.15, 0.2) is 0 Å². The zero-order valence-corrected chi connectivity index (χ0v) is 11.6. The van der Waals surface area contributed by atoms with Crippen LogP contribution in [0.1, 0.15) is 17.7 Å². The summed E-state index contributed by atoms with van der Waals surface area (Å²) in [5, 5.41) is 0. The molecule has 1 aliphatic carbocycles. The highest BCUT2D eigenvalue weighted by Gasteiger charge is 2.15. The minimum absolute atomic E-state index is 0.752. The van der Waals surface area contributed by atoms with E-state index in [2.05, 4.69) is 25.9 Å². The lowest BCUT2D eigenvalue weighted by Gasteiger charge is -2.07. The van der Waals surface area contributed by atoms with Gasteiger partial charge in [0.1, 0.15) is 10.5 Å². The Hall–Kier alpha value is -1.00. The van der Waals surface area contributed by atoms with E-state index in [1.54, 1.807) is 0 Å². The van der Waals surface area contributed by atoms with E-state index in [1.807, 2.05) is 24.3 Å². The van der Waals surface area contributed by atoms with Crippen LogP contribution in [-0.4, -0.2) is 9.97 Å². The summed E-state index contributed by atoms with van der Waals surface area (Å²) >= 11 is 8.91. The molecule has 0 bridgehead atoms. The minimum Gasteiger partial charge on any atom is -0.343 e. The lowest BCUT2D eigenvalue weighted by atomic mass is 10.2. The van der Waals surface area contributed by atoms with Crippen molar-refractivity contribution < 1.29 is 0 Å². The smallest absolute Gasteiger partial charge is 0.140 e. The van der Waals surface area contributed by atoms with Crippen molar-refractivity contribution in [2.45, 2.75) is 19.3 Å². The first-order chi connectivity index (χ1) is 8.25. The summed E-state index contributed by atoms with van der Waals surface area (Å²) < 4.78 is 1.79. The Bertz CT molecular complexity index is 634. The number of nitrogens with zero attached hydrogens (tertiary/aromatic N) is 1. The number of nitrogens with one attached hydrogen (secondary N) is 1. The first-order valence-electron chi connectivity index (χ1n) is 5.62. The van der Waals surface area contributed by atoms with Gasteiger partial charge in [-0.1, -0.05) is 46.3 Å². The third-order valence-corrected chi connectivity index (χ3v) is 4.12. The molecule has 0 saturated carbocycles. The van der Waals surface area contributed by atoms with Crippen LogP contribution in [0.5, 0.6) is 0 Å². The predicted molar refractivity (Wildman–Crippen MR) is 74.6 cm³/mol. The van der Waals surface area contributed by atoms with E-state index < -0.39 is 0 Å². The molecule has 0 spiro atoms. The first-order valence-corrected chi connectivity index (χ1v) is 6.83. The molecular formula is C13H11BrN2S. The molecule has 2 nitrogen and oxygen atoms in total. The zero-order valence-electron chi connectivity index (χ0n) is 9.16. The molecule has 0 amide bonds. The fraction of sp³-hybridized carbons (Fsp3) is 0.231. The number of halogens is 1. The van der Waals surface area contributed by atoms with Gasteiger partial charge in [-0.2, -0.15) is 0 Å². The van der Waals surface area contributed by atoms with E-state index in [0.29, 0.717) is 0 Å². The molecule has 86 valence electrons. The Morgan fingerprint density at radius 1 is 1.24 bits per heavy atom. The van der Waals surface area contributed by atoms with Gasteiger partial charge in [0.25, 0.3) is 0 Å². The molecule has 0 unspecified atom stereocenters. The van der Waals surface area contributed by atoms with Gasteiger partial charge in [-0.15, -0.1) is 0 Å². The fourth-order valence-electron chi connectivity index (χ4n) is 2.24. The van der Waals surface area contributed by atoms with Gasteiger partial charge in [0.2, 0.25) is 0 Å². The van der Waals surface area contributed by atoms with Crippen LogP contribution in [0, 0.1) is 4.64 Å². The van der Waals surface area contributed by atoms with Crippen molar-refractivity contribution in [1.82, 2.24) is 9.97 Å². The summed E-state index contributed by atoms with van der Waals surface area (Å²) in [6.45, 7) is 0. The van der Waals surface area contributed by atoms with Crippen molar-refractivity contribution in [3.8, 4) is 11.4 Å². The van der Waals surface area contributed by atoms with Crippen LogP contribution in [0.3, 0.4) is 0 Å². The fourth-order valence-corrected chi connectivity index (χ4v) is 3.03. The van der Waals surface area contributed by atoms with Crippen LogP contribution in [0.15, 0.2) is 28.7 Å². The van der Waals surface area contributed by atoms with Crippen LogP contribution in [0.4, 0.5) is 0 Å². The zero-order chi connectivity index (χ0) is 11.8. The quantitative estimate of drug-likeness (QED) is 0.805. The van der Waals surface area contributed by atoms with Gasteiger partial charge < -0.3 is 4.98 Å². The Morgan fingerprint density at radius 3 is 2.88 bits per heavy atom. The summed E-state index contributed by atoms with van der Waals surface area (Å²) in [7, 11) is 0. The summed E-state index contributed by atoms with van der Waals surface area (Å²) in [6.07, 6.45) is 3.32. The first kappa shape index (κ1) is 11.1. The molecule has 0 saturated heterocycles. The van der Waals surface area contributed by atoms with Crippen molar-refractivity contribution in [1.29, 1.82) is 0 Å². The van der Waals surface area contributed by atoms with Crippen LogP contribution >= 0.6 is 28.1 Å². The lowest BCUT2D eigenvalue weighted by Crippen LogP contribution is -1.97. The van der Waals surface area contributed by atoms with Gasteiger partial charge in [-0.25, -0.2) is 4.98 Å². The molecule has 1 N–H and O–H groups in total. The number of aromatic nitrogens is 2. The molecule has 2 aromatic rings. The normalized spacial score (nSPS) is 13.7. The maximum Gasteiger partial charge on any atom is 0.140 e. The number of rotatable bonds is 1. The molecule has 1 heterocycles. The monoisotopic (exact) mass is 306 g/mol. The topological polar surface area (TPSA) is 28.7 Å². The van der Waals surface area contributed by atoms with Crippen LogP contribution in [0.2, 0.25) is 0 Å². The van der Waals surface area contributed by atoms with Gasteiger partial charge in [-0.05, 0) is 25.3 Å². The Labute approximate surface area is 113 Å². The maximum atomic E-state index is 5.36. The van der Waals surface area contributed by atoms with Gasteiger partial charge >= 0.3 is 0 Å². The molecule has 1 aromatic carbocycles. The van der Waals surface area contributed by atoms with Crippen molar-refractivity contribution in [3.05, 3.63) is 44.6 Å². The summed E-state index contributed by atoms with van der Waals surface area (Å²) in [4.78, 5) is 7.92. The molecule has 0 atom stereocenters. The second kappa shape index (κ2) is 4.35. The summed E-state index contributed by atoms with van der Waals surface area (Å²) in [6, 6.07) is 8.06. The number of hydrogen-bond donors (Lipinski definition) is 1. The summed E-state index contributed by atoms with van der Waals surface area (Å²) in [5.41, 5.74) is 3.56. The number of fused-ring (bicyclic) bond motifs is 1. The Morgan fingerprint density at radius 2 is 2.06 bits per heavy atom. The van der Waals surface area contributed by atoms with E-state index in [9.17, 15) is 0 Å². The Kier molecular flexibility index (Phi) is 2.84. The van der Waals surface area contributed by atoms with Gasteiger partial charge in [0.05, 0.1) is 0 Å². The number of aromatic amines is 1. The molecule has 0 radical (unpaired) electrons. The second-order valence-corrected chi connectivity index (χ2v) is 5.42. The van der Waals surface area contributed by atoms with Crippen molar-refractivity contribution in [3.63, 3.8) is 0 Å². The minimum atomic E-state index is 0.752. The lowest BCUT2D eigenvalue weighted by molar-refractivity contribution is 0.899. The average molecular weight is 307 g/mol. The number of H-pyrrole nitrogens is 1. The SMILES string of the molecule is S=c1nc(-c2ccccc2Br)[nH]c2c1CCC2. The number of aryl methyl sites for hydroxylation is 1. The molecule has 17 heavy (non-hydrogen) atoms. The molecule has 4 heteroatoms. The predicted octanol–water partition coefficient (Wildman–Crippen LogP) is 4.06. The second-order valence-electron chi connectivity index (χ2n) is 4.18. The third kappa shape index (κ3) is 1.96. The van der Waals surface area contributed by atoms with Gasteiger partial charge in [-0.3, -0.25) is 0 Å². The largest absolute Gasteiger partial charge is 0.343 e. The molecule has 3 rings (SSSR count). The molecule has 1 aliphatic rings. The van der Waals surface area contributed by atoms with Crippen molar-refractivity contribution in [2.75, 3.05) is 0 Å². The van der Waals surface area contributed by atoms with Gasteiger partial charge in [0, 0.05) is 21.3 Å². The Balaban J connectivity index is 2.20. The number of hydrogen-bond acceptors (Lipinski definition) is 2. The van der Waals surface area contributed by atoms with E-state index in [0.717, 1.165) is 33.3 Å². The highest BCUT2D eigenvalue weighted by molar-refractivity contribution is 9.10. The van der Waals surface area contributed by atoms with Crippen molar-refractivity contribution >= 4 is 28.1 Å². The van der Waals surface area contributed by atoms with E-state index in [-0.39, 0.29) is 0 Å². The molecule has 1 aromatic heterocycles. The molecule has 0 fully saturated rings. The third-order valence-electron chi connectivity index (χ3n) is 3.09. The summed E-state index contributed by atoms with van der Waals surface area (Å²) in [5.74, 6) is 0.864. The van der Waals surface area contributed by atoms with E-state index in [4.69, 9.17) is 12.2 Å². The average Bonchev–Trinajstić information content (AvgIpc) is 2.78. The van der Waals surface area contributed by atoms with E-state index >= 15 is 0 Å². The van der Waals surface area contributed by atoms with Crippen LogP contribution < -0.4 is 0 Å². The van der Waals surface area contributed by atoms with E-state index in [1.165, 1.54) is 17.7 Å². The van der Waals surface area contributed by atoms with Crippen LogP contribution in [0.25, 0.3) is 11.4 Å². The maximum absolute atomic E-state index is 5.36. The standard InChI is InChI=1S/C13H11BrN2S/c14-10-6-2-1-4-8(10)12-15-11-7-3-5-9(11)13(17)16-12/h1-2,4,6H,3,5,7H2,(H,15,16,17). The van der Waals surface area contributed by atoms with Crippen molar-refractivity contribution in [2.24, 2.45) is 0 Å². The number of benzene rings is 1. The van der Waals surface area contributed by atoms with Crippen LogP contribution in [-0.2, 0) is 12.8 Å². The molecular weight excluding hydrogens is 296 g/mol. The highest BCUT2D eigenvalue weighted by atomic mass is 79.9.